The van der Waals surface area contributed by atoms with Crippen LogP contribution in [0.15, 0.2) is 11.8 Å². The summed E-state index contributed by atoms with van der Waals surface area (Å²) in [5.74, 6) is -0.621. The summed E-state index contributed by atoms with van der Waals surface area (Å²) in [6, 6.07) is 0. The van der Waals surface area contributed by atoms with Gasteiger partial charge < -0.3 is 19.7 Å². The topological polar surface area (TPSA) is 84.9 Å². The van der Waals surface area contributed by atoms with Gasteiger partial charge in [-0.05, 0) is 50.0 Å². The minimum atomic E-state index is -1.11. The second kappa shape index (κ2) is 14.1. The van der Waals surface area contributed by atoms with E-state index < -0.39 is 17.4 Å². The van der Waals surface area contributed by atoms with Crippen LogP contribution in [0.3, 0.4) is 0 Å². The van der Waals surface area contributed by atoms with Crippen LogP contribution in [0.2, 0.25) is 0 Å². The van der Waals surface area contributed by atoms with E-state index in [1.54, 1.807) is 0 Å². The SMILES string of the molecule is CCCCCCCCN1C(=O)[C@@H](CC(=O)NCC2CCCCC2)C[C@@]2(C(=O)OC)C1=C[C@H](C(C)(C)C)O[C@@H]2C. The zero-order valence-electron chi connectivity index (χ0n) is 25.5. The maximum absolute atomic E-state index is 14.0. The van der Waals surface area contributed by atoms with Crippen molar-refractivity contribution >= 4 is 17.8 Å². The molecule has 3 aliphatic rings. The number of hydrogen-bond donors (Lipinski definition) is 1. The van der Waals surface area contributed by atoms with Crippen molar-refractivity contribution in [1.29, 1.82) is 0 Å². The fourth-order valence-electron chi connectivity index (χ4n) is 6.67. The molecule has 1 saturated carbocycles. The average molecular weight is 547 g/mol. The van der Waals surface area contributed by atoms with Gasteiger partial charge in [0.25, 0.3) is 0 Å². The summed E-state index contributed by atoms with van der Waals surface area (Å²) >= 11 is 0. The molecule has 0 aromatic rings. The van der Waals surface area contributed by atoms with Gasteiger partial charge in [-0.25, -0.2) is 0 Å². The van der Waals surface area contributed by atoms with Crippen LogP contribution in [0.4, 0.5) is 0 Å². The fourth-order valence-corrected chi connectivity index (χ4v) is 6.67. The Kier molecular flexibility index (Phi) is 11.5. The van der Waals surface area contributed by atoms with Gasteiger partial charge in [-0.3, -0.25) is 14.4 Å². The predicted molar refractivity (Wildman–Crippen MR) is 154 cm³/mol. The number of nitrogens with zero attached hydrogens (tertiary/aromatic N) is 1. The van der Waals surface area contributed by atoms with E-state index >= 15 is 0 Å². The number of amides is 2. The van der Waals surface area contributed by atoms with Crippen molar-refractivity contribution in [1.82, 2.24) is 10.2 Å². The first-order valence-corrected chi connectivity index (χ1v) is 15.6. The highest BCUT2D eigenvalue weighted by Crippen LogP contribution is 2.51. The second-order valence-electron chi connectivity index (χ2n) is 13.3. The molecular weight excluding hydrogens is 492 g/mol. The van der Waals surface area contributed by atoms with Crippen molar-refractivity contribution in [3.63, 3.8) is 0 Å². The van der Waals surface area contributed by atoms with E-state index in [9.17, 15) is 14.4 Å². The molecule has 7 nitrogen and oxygen atoms in total. The van der Waals surface area contributed by atoms with Crippen molar-refractivity contribution < 1.29 is 23.9 Å². The molecule has 4 atom stereocenters. The molecule has 7 heteroatoms. The second-order valence-corrected chi connectivity index (χ2v) is 13.3. The van der Waals surface area contributed by atoms with E-state index in [1.807, 2.05) is 17.9 Å². The molecule has 222 valence electrons. The van der Waals surface area contributed by atoms with Crippen molar-refractivity contribution in [2.75, 3.05) is 20.2 Å². The van der Waals surface area contributed by atoms with E-state index in [4.69, 9.17) is 9.47 Å². The Morgan fingerprint density at radius 3 is 2.41 bits per heavy atom. The van der Waals surface area contributed by atoms with Crippen molar-refractivity contribution in [2.45, 2.75) is 130 Å². The standard InChI is InChI=1S/C32H54N2O5/c1-7-8-9-10-11-15-18-34-26-20-27(31(3,4)5)39-23(2)32(26,30(37)38-6)21-25(29(34)36)19-28(35)33-22-24-16-13-12-14-17-24/h20,23-25,27H,7-19,21-22H2,1-6H3,(H,33,35)/t23-,25+,27-,32+/m1/s1. The average Bonchev–Trinajstić information content (AvgIpc) is 2.91. The van der Waals surface area contributed by atoms with Gasteiger partial charge in [-0.1, -0.05) is 79.1 Å². The summed E-state index contributed by atoms with van der Waals surface area (Å²) in [4.78, 5) is 42.5. The maximum atomic E-state index is 14.0. The minimum absolute atomic E-state index is 0.0519. The Morgan fingerprint density at radius 2 is 1.77 bits per heavy atom. The van der Waals surface area contributed by atoms with Crippen LogP contribution in [0, 0.1) is 22.7 Å². The van der Waals surface area contributed by atoms with E-state index in [1.165, 1.54) is 45.6 Å². The Labute approximate surface area is 236 Å². The van der Waals surface area contributed by atoms with Crippen LogP contribution >= 0.6 is 0 Å². The highest BCUT2D eigenvalue weighted by Gasteiger charge is 2.60. The Balaban J connectivity index is 1.86. The number of fused-ring (bicyclic) bond motifs is 1. The lowest BCUT2D eigenvalue weighted by Crippen LogP contribution is -2.61. The van der Waals surface area contributed by atoms with Crippen LogP contribution in [0.5, 0.6) is 0 Å². The molecule has 39 heavy (non-hydrogen) atoms. The molecule has 1 N–H and O–H groups in total. The number of unbranched alkanes of at least 4 members (excludes halogenated alkanes) is 5. The van der Waals surface area contributed by atoms with Crippen LogP contribution in [0.25, 0.3) is 0 Å². The third-order valence-corrected chi connectivity index (χ3v) is 9.17. The van der Waals surface area contributed by atoms with Crippen molar-refractivity contribution in [3.05, 3.63) is 11.8 Å². The van der Waals surface area contributed by atoms with Gasteiger partial charge in [0.2, 0.25) is 11.8 Å². The quantitative estimate of drug-likeness (QED) is 0.234. The van der Waals surface area contributed by atoms with E-state index in [-0.39, 0.29) is 42.1 Å². The van der Waals surface area contributed by atoms with Gasteiger partial charge in [0.1, 0.15) is 5.41 Å². The number of rotatable bonds is 12. The lowest BCUT2D eigenvalue weighted by atomic mass is 9.65. The van der Waals surface area contributed by atoms with E-state index in [2.05, 4.69) is 33.0 Å². The van der Waals surface area contributed by atoms with Crippen molar-refractivity contribution in [2.24, 2.45) is 22.7 Å². The summed E-state index contributed by atoms with van der Waals surface area (Å²) in [6.07, 6.45) is 14.2. The molecule has 2 aliphatic heterocycles. The largest absolute Gasteiger partial charge is 0.468 e. The molecular formula is C32H54N2O5. The van der Waals surface area contributed by atoms with Gasteiger partial charge in [-0.15, -0.1) is 0 Å². The van der Waals surface area contributed by atoms with Crippen LogP contribution in [-0.4, -0.2) is 55.1 Å². The smallest absolute Gasteiger partial charge is 0.320 e. The summed E-state index contributed by atoms with van der Waals surface area (Å²) < 4.78 is 11.8. The normalized spacial score (nSPS) is 28.1. The number of esters is 1. The Bertz CT molecular complexity index is 872. The van der Waals surface area contributed by atoms with Crippen molar-refractivity contribution in [3.8, 4) is 0 Å². The minimum Gasteiger partial charge on any atom is -0.468 e. The number of carbonyl (C=O) groups excluding carboxylic acids is 3. The van der Waals surface area contributed by atoms with Crippen LogP contribution < -0.4 is 5.32 Å². The lowest BCUT2D eigenvalue weighted by molar-refractivity contribution is -0.180. The number of nitrogens with one attached hydrogen (secondary N) is 1. The molecule has 0 spiro atoms. The molecule has 1 saturated heterocycles. The summed E-state index contributed by atoms with van der Waals surface area (Å²) in [6.45, 7) is 11.6. The molecule has 1 aliphatic carbocycles. The molecule has 2 amide bonds. The first-order valence-electron chi connectivity index (χ1n) is 15.6. The van der Waals surface area contributed by atoms with Crippen LogP contribution in [-0.2, 0) is 23.9 Å². The van der Waals surface area contributed by atoms with Gasteiger partial charge in [0, 0.05) is 31.1 Å². The predicted octanol–water partition coefficient (Wildman–Crippen LogP) is 6.16. The van der Waals surface area contributed by atoms with Gasteiger partial charge in [0.05, 0.1) is 19.3 Å². The number of piperidine rings is 1. The molecule has 0 aromatic heterocycles. The van der Waals surface area contributed by atoms with E-state index in [0.29, 0.717) is 24.7 Å². The molecule has 2 heterocycles. The highest BCUT2D eigenvalue weighted by molar-refractivity contribution is 5.92. The maximum Gasteiger partial charge on any atom is 0.320 e. The Morgan fingerprint density at radius 1 is 1.10 bits per heavy atom. The molecule has 3 rings (SSSR count). The first-order chi connectivity index (χ1) is 18.5. The lowest BCUT2D eigenvalue weighted by Gasteiger charge is -2.53. The summed E-state index contributed by atoms with van der Waals surface area (Å²) in [5.41, 5.74) is -0.597. The third-order valence-electron chi connectivity index (χ3n) is 9.17. The number of likely N-dealkylation sites (tertiary alicyclic amines) is 1. The number of ether oxygens (including phenoxy) is 2. The van der Waals surface area contributed by atoms with Crippen LogP contribution in [0.1, 0.15) is 118 Å². The zero-order chi connectivity index (χ0) is 28.6. The zero-order valence-corrected chi connectivity index (χ0v) is 25.5. The number of methoxy groups -OCH3 is 1. The number of carbonyl (C=O) groups is 3. The fraction of sp³-hybridized carbons (Fsp3) is 0.844. The molecule has 0 bridgehead atoms. The monoisotopic (exact) mass is 546 g/mol. The van der Waals surface area contributed by atoms with Gasteiger partial charge in [0.15, 0.2) is 0 Å². The summed E-state index contributed by atoms with van der Waals surface area (Å²) in [5, 5.41) is 3.10. The van der Waals surface area contributed by atoms with E-state index in [0.717, 1.165) is 32.1 Å². The molecule has 0 radical (unpaired) electrons. The summed E-state index contributed by atoms with van der Waals surface area (Å²) in [7, 11) is 1.40. The third kappa shape index (κ3) is 7.65. The number of hydrogen-bond acceptors (Lipinski definition) is 5. The first kappa shape index (κ1) is 31.6. The molecule has 2 fully saturated rings. The van der Waals surface area contributed by atoms with Gasteiger partial charge >= 0.3 is 5.97 Å². The molecule has 0 aromatic carbocycles. The van der Waals surface area contributed by atoms with Gasteiger partial charge in [-0.2, -0.15) is 0 Å². The molecule has 0 unspecified atom stereocenters. The Hall–Kier alpha value is -1.89. The highest BCUT2D eigenvalue weighted by atomic mass is 16.5.